The van der Waals surface area contributed by atoms with Crippen LogP contribution >= 0.6 is 0 Å². The Morgan fingerprint density at radius 3 is 2.68 bits per heavy atom. The van der Waals surface area contributed by atoms with E-state index in [2.05, 4.69) is 10.7 Å². The van der Waals surface area contributed by atoms with Crippen LogP contribution in [0.2, 0.25) is 0 Å². The van der Waals surface area contributed by atoms with Gasteiger partial charge in [-0.1, -0.05) is 18.2 Å². The Morgan fingerprint density at radius 1 is 1.29 bits per heavy atom. The highest BCUT2D eigenvalue weighted by atomic mass is 16.5. The van der Waals surface area contributed by atoms with Gasteiger partial charge < -0.3 is 15.8 Å². The van der Waals surface area contributed by atoms with Gasteiger partial charge in [0.05, 0.1) is 12.1 Å². The van der Waals surface area contributed by atoms with Crippen LogP contribution in [-0.4, -0.2) is 30.2 Å². The average molecular weight is 381 g/mol. The Bertz CT molecular complexity index is 913. The summed E-state index contributed by atoms with van der Waals surface area (Å²) in [5, 5.41) is 11.5. The number of carbonyl (C=O) groups is 3. The normalized spacial score (nSPS) is 15.6. The highest BCUT2D eigenvalue weighted by Crippen LogP contribution is 2.25. The molecule has 1 aliphatic heterocycles. The van der Waals surface area contributed by atoms with Gasteiger partial charge in [0, 0.05) is 12.1 Å². The Labute approximate surface area is 160 Å². The molecule has 0 radical (unpaired) electrons. The van der Waals surface area contributed by atoms with Gasteiger partial charge in [-0.3, -0.25) is 30.2 Å². The van der Waals surface area contributed by atoms with E-state index in [0.29, 0.717) is 17.7 Å². The number of nitrogens with zero attached hydrogens (tertiary/aromatic N) is 1. The van der Waals surface area contributed by atoms with Crippen molar-refractivity contribution in [2.75, 3.05) is 5.01 Å². The van der Waals surface area contributed by atoms with E-state index in [9.17, 15) is 14.4 Å². The van der Waals surface area contributed by atoms with Crippen molar-refractivity contribution in [3.8, 4) is 5.75 Å². The summed E-state index contributed by atoms with van der Waals surface area (Å²) in [5.41, 5.74) is 9.82. The molecular formula is C19H19N5O4. The summed E-state index contributed by atoms with van der Waals surface area (Å²) in [4.78, 5) is 36.0. The first-order valence-electron chi connectivity index (χ1n) is 8.49. The van der Waals surface area contributed by atoms with Gasteiger partial charge in [0.15, 0.2) is 0 Å². The zero-order chi connectivity index (χ0) is 20.1. The van der Waals surface area contributed by atoms with Crippen LogP contribution in [-0.2, 0) is 20.9 Å². The van der Waals surface area contributed by atoms with E-state index >= 15 is 0 Å². The summed E-state index contributed by atoms with van der Waals surface area (Å²) < 4.78 is 5.28. The van der Waals surface area contributed by atoms with Crippen molar-refractivity contribution in [3.63, 3.8) is 0 Å². The number of para-hydroxylation sites is 1. The van der Waals surface area contributed by atoms with E-state index in [1.807, 2.05) is 12.1 Å². The first-order chi connectivity index (χ1) is 13.5. The van der Waals surface area contributed by atoms with Crippen molar-refractivity contribution in [2.24, 2.45) is 5.73 Å². The maximum atomic E-state index is 12.5. The summed E-state index contributed by atoms with van der Waals surface area (Å²) in [6.45, 7) is 0.282. The fourth-order valence-electron chi connectivity index (χ4n) is 2.91. The number of nitrogens with one attached hydrogen (secondary N) is 3. The molecule has 0 aromatic heterocycles. The number of rotatable bonds is 6. The third kappa shape index (κ3) is 4.09. The van der Waals surface area contributed by atoms with Gasteiger partial charge >= 0.3 is 5.97 Å². The maximum absolute atomic E-state index is 12.5. The number of esters is 1. The number of amidine groups is 1. The summed E-state index contributed by atoms with van der Waals surface area (Å²) >= 11 is 0. The van der Waals surface area contributed by atoms with Gasteiger partial charge in [0.2, 0.25) is 12.3 Å². The Morgan fingerprint density at radius 2 is 2.00 bits per heavy atom. The van der Waals surface area contributed by atoms with Crippen molar-refractivity contribution in [3.05, 3.63) is 59.7 Å². The first kappa shape index (κ1) is 18.9. The molecule has 144 valence electrons. The van der Waals surface area contributed by atoms with Gasteiger partial charge in [0.25, 0.3) is 0 Å². The minimum Gasteiger partial charge on any atom is -0.426 e. The van der Waals surface area contributed by atoms with Gasteiger partial charge in [-0.05, 0) is 35.9 Å². The van der Waals surface area contributed by atoms with Crippen molar-refractivity contribution in [2.45, 2.75) is 19.0 Å². The Kier molecular flexibility index (Phi) is 5.54. The molecular weight excluding hydrogens is 362 g/mol. The molecule has 0 aliphatic carbocycles. The number of nitrogen functional groups attached to an aromatic ring is 1. The molecule has 5 N–H and O–H groups in total. The second-order valence-electron chi connectivity index (χ2n) is 6.10. The summed E-state index contributed by atoms with van der Waals surface area (Å²) in [6, 6.07) is 12.3. The lowest BCUT2D eigenvalue weighted by Crippen LogP contribution is -2.52. The van der Waals surface area contributed by atoms with Crippen LogP contribution in [0, 0.1) is 5.41 Å². The molecule has 1 atom stereocenters. The van der Waals surface area contributed by atoms with Crippen LogP contribution in [0.1, 0.15) is 17.5 Å². The number of benzene rings is 2. The predicted molar refractivity (Wildman–Crippen MR) is 101 cm³/mol. The van der Waals surface area contributed by atoms with Gasteiger partial charge in [-0.25, -0.2) is 0 Å². The molecule has 0 saturated carbocycles. The standard InChI is InChI=1S/C19H19N5O4/c20-18(21)12-5-7-14(8-6-12)28-17(26)9-16-19(27)22-10-13-3-1-2-4-15(13)24(16)23-11-25/h1-8,11,16H,9-10H2,(H3,20,21)(H,22,27)(H,23,25). The lowest BCUT2D eigenvalue weighted by molar-refractivity contribution is -0.137. The van der Waals surface area contributed by atoms with E-state index in [1.165, 1.54) is 17.1 Å². The molecule has 9 nitrogen and oxygen atoms in total. The second-order valence-corrected chi connectivity index (χ2v) is 6.10. The SMILES string of the molecule is N=C(N)c1ccc(OC(=O)CC2C(=O)NCc3ccccc3N2NC=O)cc1. The van der Waals surface area contributed by atoms with Crippen LogP contribution in [0.4, 0.5) is 5.69 Å². The minimum absolute atomic E-state index is 0.0951. The molecule has 0 spiro atoms. The Hall–Kier alpha value is -3.88. The fraction of sp³-hybridized carbons (Fsp3) is 0.158. The van der Waals surface area contributed by atoms with Crippen LogP contribution in [0.15, 0.2) is 48.5 Å². The predicted octanol–water partition coefficient (Wildman–Crippen LogP) is 0.432. The van der Waals surface area contributed by atoms with Crippen LogP contribution < -0.4 is 26.2 Å². The molecule has 28 heavy (non-hydrogen) atoms. The number of amides is 2. The Balaban J connectivity index is 1.78. The summed E-state index contributed by atoms with van der Waals surface area (Å²) in [6.07, 6.45) is 0.170. The molecule has 2 aromatic rings. The third-order valence-corrected chi connectivity index (χ3v) is 4.27. The third-order valence-electron chi connectivity index (χ3n) is 4.27. The van der Waals surface area contributed by atoms with Crippen LogP contribution in [0.3, 0.4) is 0 Å². The van der Waals surface area contributed by atoms with E-state index in [1.54, 1.807) is 24.3 Å². The second kappa shape index (κ2) is 8.21. The lowest BCUT2D eigenvalue weighted by Gasteiger charge is -2.29. The van der Waals surface area contributed by atoms with E-state index in [4.69, 9.17) is 15.9 Å². The van der Waals surface area contributed by atoms with Crippen molar-refractivity contribution < 1.29 is 19.1 Å². The van der Waals surface area contributed by atoms with Gasteiger partial charge in [-0.15, -0.1) is 0 Å². The lowest BCUT2D eigenvalue weighted by atomic mass is 10.1. The van der Waals surface area contributed by atoms with Crippen LogP contribution in [0.25, 0.3) is 0 Å². The number of ether oxygens (including phenoxy) is 1. The fourth-order valence-corrected chi connectivity index (χ4v) is 2.91. The molecule has 0 saturated heterocycles. The van der Waals surface area contributed by atoms with Gasteiger partial charge in [0.1, 0.15) is 17.6 Å². The zero-order valence-corrected chi connectivity index (χ0v) is 14.8. The zero-order valence-electron chi connectivity index (χ0n) is 14.8. The van der Waals surface area contributed by atoms with Crippen molar-refractivity contribution in [1.82, 2.24) is 10.7 Å². The largest absolute Gasteiger partial charge is 0.426 e. The number of nitrogens with two attached hydrogens (primary N) is 1. The minimum atomic E-state index is -0.974. The van der Waals surface area contributed by atoms with Crippen molar-refractivity contribution in [1.29, 1.82) is 5.41 Å². The van der Waals surface area contributed by atoms with Gasteiger partial charge in [-0.2, -0.15) is 0 Å². The molecule has 2 amide bonds. The average Bonchev–Trinajstić information content (AvgIpc) is 2.81. The highest BCUT2D eigenvalue weighted by molar-refractivity contribution is 5.95. The maximum Gasteiger partial charge on any atom is 0.313 e. The molecule has 1 aliphatic rings. The van der Waals surface area contributed by atoms with E-state index in [-0.39, 0.29) is 24.6 Å². The number of anilines is 1. The molecule has 0 fully saturated rings. The first-order valence-corrected chi connectivity index (χ1v) is 8.49. The molecule has 9 heteroatoms. The quantitative estimate of drug-likeness (QED) is 0.188. The molecule has 1 unspecified atom stereocenters. The van der Waals surface area contributed by atoms with Crippen LogP contribution in [0.5, 0.6) is 5.75 Å². The molecule has 3 rings (SSSR count). The molecule has 1 heterocycles. The van der Waals surface area contributed by atoms with E-state index in [0.717, 1.165) is 5.56 Å². The molecule has 2 aromatic carbocycles. The number of hydrazine groups is 1. The number of hydrogen-bond acceptors (Lipinski definition) is 6. The summed E-state index contributed by atoms with van der Waals surface area (Å²) in [5.74, 6) is -0.885. The number of hydrogen-bond donors (Lipinski definition) is 4. The highest BCUT2D eigenvalue weighted by Gasteiger charge is 2.33. The monoisotopic (exact) mass is 381 g/mol. The smallest absolute Gasteiger partial charge is 0.313 e. The number of carbonyl (C=O) groups excluding carboxylic acids is 3. The molecule has 0 bridgehead atoms. The topological polar surface area (TPSA) is 138 Å². The van der Waals surface area contributed by atoms with E-state index < -0.39 is 17.9 Å². The summed E-state index contributed by atoms with van der Waals surface area (Å²) in [7, 11) is 0. The number of fused-ring (bicyclic) bond motifs is 1. The van der Waals surface area contributed by atoms with Crippen molar-refractivity contribution >= 4 is 29.8 Å².